The van der Waals surface area contributed by atoms with E-state index in [2.05, 4.69) is 36.1 Å². The Labute approximate surface area is 100 Å². The molecule has 0 aromatic heterocycles. The lowest BCUT2D eigenvalue weighted by Gasteiger charge is -2.44. The van der Waals surface area contributed by atoms with Crippen LogP contribution in [0.5, 0.6) is 0 Å². The second-order valence-corrected chi connectivity index (χ2v) is 5.79. The van der Waals surface area contributed by atoms with Gasteiger partial charge in [-0.25, -0.2) is 0 Å². The smallest absolute Gasteiger partial charge is 0.0247 e. The maximum Gasteiger partial charge on any atom is 0.0247 e. The van der Waals surface area contributed by atoms with Gasteiger partial charge in [-0.3, -0.25) is 4.90 Å². The third-order valence-corrected chi connectivity index (χ3v) is 4.41. The van der Waals surface area contributed by atoms with Crippen LogP contribution in [0.3, 0.4) is 0 Å². The SMILES string of the molecule is CC1CCNCC1N1CCCC(N(C)C)C1. The van der Waals surface area contributed by atoms with Gasteiger partial charge in [0.2, 0.25) is 0 Å². The minimum Gasteiger partial charge on any atom is -0.315 e. The molecule has 0 saturated carbocycles. The number of likely N-dealkylation sites (tertiary alicyclic amines) is 1. The molecule has 0 aromatic rings. The fourth-order valence-corrected chi connectivity index (χ4v) is 3.17. The molecule has 2 saturated heterocycles. The lowest BCUT2D eigenvalue weighted by Crippen LogP contribution is -2.56. The van der Waals surface area contributed by atoms with Crippen molar-refractivity contribution in [1.82, 2.24) is 15.1 Å². The van der Waals surface area contributed by atoms with Crippen LogP contribution in [0.15, 0.2) is 0 Å². The van der Waals surface area contributed by atoms with E-state index in [-0.39, 0.29) is 0 Å². The highest BCUT2D eigenvalue weighted by Crippen LogP contribution is 2.22. The van der Waals surface area contributed by atoms with E-state index in [1.807, 2.05) is 0 Å². The first kappa shape index (κ1) is 12.3. The molecule has 0 bridgehead atoms. The molecule has 1 N–H and O–H groups in total. The van der Waals surface area contributed by atoms with Gasteiger partial charge in [-0.05, 0) is 52.4 Å². The largest absolute Gasteiger partial charge is 0.315 e. The summed E-state index contributed by atoms with van der Waals surface area (Å²) < 4.78 is 0. The molecule has 2 heterocycles. The maximum atomic E-state index is 3.55. The van der Waals surface area contributed by atoms with Crippen molar-refractivity contribution in [2.75, 3.05) is 40.3 Å². The van der Waals surface area contributed by atoms with Crippen molar-refractivity contribution in [2.24, 2.45) is 5.92 Å². The molecule has 3 nitrogen and oxygen atoms in total. The molecular formula is C13H27N3. The van der Waals surface area contributed by atoms with Crippen molar-refractivity contribution in [3.05, 3.63) is 0 Å². The summed E-state index contributed by atoms with van der Waals surface area (Å²) in [5.41, 5.74) is 0. The number of nitrogens with zero attached hydrogens (tertiary/aromatic N) is 2. The van der Waals surface area contributed by atoms with Crippen molar-refractivity contribution in [2.45, 2.75) is 38.3 Å². The standard InChI is InChI=1S/C13H27N3/c1-11-6-7-14-9-13(11)16-8-4-5-12(10-16)15(2)3/h11-14H,4-10H2,1-3H3. The Hall–Kier alpha value is -0.120. The third-order valence-electron chi connectivity index (χ3n) is 4.41. The predicted molar refractivity (Wildman–Crippen MR) is 68.7 cm³/mol. The van der Waals surface area contributed by atoms with Gasteiger partial charge in [0.1, 0.15) is 0 Å². The summed E-state index contributed by atoms with van der Waals surface area (Å²) in [4.78, 5) is 5.12. The van der Waals surface area contributed by atoms with Gasteiger partial charge in [0.25, 0.3) is 0 Å². The zero-order chi connectivity index (χ0) is 11.5. The van der Waals surface area contributed by atoms with Gasteiger partial charge in [0.05, 0.1) is 0 Å². The Morgan fingerprint density at radius 3 is 2.75 bits per heavy atom. The highest BCUT2D eigenvalue weighted by Gasteiger charge is 2.31. The summed E-state index contributed by atoms with van der Waals surface area (Å²) in [7, 11) is 4.44. The first-order valence-corrected chi connectivity index (χ1v) is 6.79. The van der Waals surface area contributed by atoms with Gasteiger partial charge in [0, 0.05) is 25.2 Å². The second kappa shape index (κ2) is 5.48. The normalized spacial score (nSPS) is 37.9. The van der Waals surface area contributed by atoms with Crippen molar-refractivity contribution < 1.29 is 0 Å². The molecule has 2 aliphatic rings. The zero-order valence-electron chi connectivity index (χ0n) is 11.1. The number of hydrogen-bond donors (Lipinski definition) is 1. The van der Waals surface area contributed by atoms with Gasteiger partial charge >= 0.3 is 0 Å². The summed E-state index contributed by atoms with van der Waals surface area (Å²) >= 11 is 0. The van der Waals surface area contributed by atoms with Crippen LogP contribution in [0, 0.1) is 5.92 Å². The Bertz CT molecular complexity index is 217. The molecular weight excluding hydrogens is 198 g/mol. The number of hydrogen-bond acceptors (Lipinski definition) is 3. The lowest BCUT2D eigenvalue weighted by atomic mass is 9.91. The van der Waals surface area contributed by atoms with E-state index in [0.717, 1.165) is 18.0 Å². The van der Waals surface area contributed by atoms with Crippen LogP contribution in [0.4, 0.5) is 0 Å². The summed E-state index contributed by atoms with van der Waals surface area (Å²) in [6, 6.07) is 1.54. The van der Waals surface area contributed by atoms with Gasteiger partial charge in [0.15, 0.2) is 0 Å². The molecule has 3 unspecified atom stereocenters. The van der Waals surface area contributed by atoms with E-state index in [1.165, 1.54) is 45.4 Å². The topological polar surface area (TPSA) is 18.5 Å². The molecule has 94 valence electrons. The summed E-state index contributed by atoms with van der Waals surface area (Å²) in [6.07, 6.45) is 4.08. The second-order valence-electron chi connectivity index (χ2n) is 5.79. The molecule has 16 heavy (non-hydrogen) atoms. The van der Waals surface area contributed by atoms with Crippen LogP contribution >= 0.6 is 0 Å². The minimum absolute atomic E-state index is 0.767. The highest BCUT2D eigenvalue weighted by molar-refractivity contribution is 4.88. The maximum absolute atomic E-state index is 3.55. The molecule has 2 fully saturated rings. The number of rotatable bonds is 2. The van der Waals surface area contributed by atoms with E-state index >= 15 is 0 Å². The monoisotopic (exact) mass is 225 g/mol. The summed E-state index contributed by atoms with van der Waals surface area (Å²) in [5, 5.41) is 3.55. The number of likely N-dealkylation sites (N-methyl/N-ethyl adjacent to an activating group) is 1. The summed E-state index contributed by atoms with van der Waals surface area (Å²) in [5.74, 6) is 0.863. The van der Waals surface area contributed by atoms with Crippen LogP contribution in [0.25, 0.3) is 0 Å². The van der Waals surface area contributed by atoms with Crippen molar-refractivity contribution in [3.63, 3.8) is 0 Å². The predicted octanol–water partition coefficient (Wildman–Crippen LogP) is 1.01. The van der Waals surface area contributed by atoms with Gasteiger partial charge < -0.3 is 10.2 Å². The fraction of sp³-hybridized carbons (Fsp3) is 1.00. The highest BCUT2D eigenvalue weighted by atomic mass is 15.2. The number of piperidine rings is 2. The minimum atomic E-state index is 0.767. The Morgan fingerprint density at radius 2 is 2.06 bits per heavy atom. The average molecular weight is 225 g/mol. The molecule has 0 aromatic carbocycles. The molecule has 2 rings (SSSR count). The van der Waals surface area contributed by atoms with Gasteiger partial charge in [-0.1, -0.05) is 6.92 Å². The lowest BCUT2D eigenvalue weighted by molar-refractivity contribution is 0.0605. The third kappa shape index (κ3) is 2.76. The van der Waals surface area contributed by atoms with Crippen LogP contribution < -0.4 is 5.32 Å². The van der Waals surface area contributed by atoms with Crippen LogP contribution in [-0.4, -0.2) is 62.2 Å². The average Bonchev–Trinajstić information content (AvgIpc) is 2.30. The van der Waals surface area contributed by atoms with Gasteiger partial charge in [-0.15, -0.1) is 0 Å². The van der Waals surface area contributed by atoms with E-state index in [0.29, 0.717) is 0 Å². The van der Waals surface area contributed by atoms with Crippen molar-refractivity contribution in [3.8, 4) is 0 Å². The van der Waals surface area contributed by atoms with E-state index in [4.69, 9.17) is 0 Å². The zero-order valence-corrected chi connectivity index (χ0v) is 11.1. The van der Waals surface area contributed by atoms with Crippen LogP contribution in [0.2, 0.25) is 0 Å². The van der Waals surface area contributed by atoms with E-state index in [9.17, 15) is 0 Å². The Morgan fingerprint density at radius 1 is 1.25 bits per heavy atom. The fourth-order valence-electron chi connectivity index (χ4n) is 3.17. The van der Waals surface area contributed by atoms with Crippen LogP contribution in [0.1, 0.15) is 26.2 Å². The molecule has 2 aliphatic heterocycles. The molecule has 3 heteroatoms. The van der Waals surface area contributed by atoms with E-state index < -0.39 is 0 Å². The number of nitrogens with one attached hydrogen (secondary N) is 1. The molecule has 3 atom stereocenters. The molecule has 0 spiro atoms. The first-order valence-electron chi connectivity index (χ1n) is 6.79. The molecule has 0 amide bonds. The van der Waals surface area contributed by atoms with Crippen molar-refractivity contribution in [1.29, 1.82) is 0 Å². The van der Waals surface area contributed by atoms with Crippen molar-refractivity contribution >= 4 is 0 Å². The van der Waals surface area contributed by atoms with E-state index in [1.54, 1.807) is 0 Å². The summed E-state index contributed by atoms with van der Waals surface area (Å²) in [6.45, 7) is 7.40. The van der Waals surface area contributed by atoms with Gasteiger partial charge in [-0.2, -0.15) is 0 Å². The molecule has 0 aliphatic carbocycles. The Kier molecular flexibility index (Phi) is 4.22. The Balaban J connectivity index is 1.92. The molecule has 0 radical (unpaired) electrons. The first-order chi connectivity index (χ1) is 7.68. The van der Waals surface area contributed by atoms with Crippen LogP contribution in [-0.2, 0) is 0 Å². The quantitative estimate of drug-likeness (QED) is 0.757.